The minimum absolute atomic E-state index is 0.555. The van der Waals surface area contributed by atoms with Crippen molar-refractivity contribution in [3.63, 3.8) is 0 Å². The van der Waals surface area contributed by atoms with Gasteiger partial charge in [0.05, 0.1) is 15.6 Å². The minimum Gasteiger partial charge on any atom is -0.383 e. The summed E-state index contributed by atoms with van der Waals surface area (Å²) in [6.07, 6.45) is -0.555. The van der Waals surface area contributed by atoms with E-state index in [2.05, 4.69) is 24.9 Å². The lowest BCUT2D eigenvalue weighted by molar-refractivity contribution is 0.222. The van der Waals surface area contributed by atoms with Gasteiger partial charge in [-0.25, -0.2) is 4.98 Å². The Labute approximate surface area is 106 Å². The summed E-state index contributed by atoms with van der Waals surface area (Å²) >= 11 is 1.57. The van der Waals surface area contributed by atoms with Crippen molar-refractivity contribution in [2.45, 2.75) is 33.8 Å². The van der Waals surface area contributed by atoms with Crippen molar-refractivity contribution in [2.24, 2.45) is 0 Å². The van der Waals surface area contributed by atoms with Gasteiger partial charge < -0.3 is 5.11 Å². The van der Waals surface area contributed by atoms with Gasteiger partial charge in [-0.05, 0) is 44.4 Å². The van der Waals surface area contributed by atoms with Crippen LogP contribution in [-0.4, -0.2) is 10.1 Å². The summed E-state index contributed by atoms with van der Waals surface area (Å²) < 4.78 is 0. The molecule has 2 aromatic rings. The van der Waals surface area contributed by atoms with E-state index in [4.69, 9.17) is 0 Å². The molecule has 1 N–H and O–H groups in total. The summed E-state index contributed by atoms with van der Waals surface area (Å²) in [5, 5.41) is 11.5. The first-order valence-electron chi connectivity index (χ1n) is 5.69. The van der Waals surface area contributed by atoms with Gasteiger partial charge in [-0.1, -0.05) is 18.2 Å². The second-order valence-electron chi connectivity index (χ2n) is 4.37. The molecule has 1 aromatic heterocycles. The smallest absolute Gasteiger partial charge is 0.115 e. The van der Waals surface area contributed by atoms with Crippen molar-refractivity contribution in [3.8, 4) is 0 Å². The Morgan fingerprint density at radius 1 is 1.18 bits per heavy atom. The Hall–Kier alpha value is -1.19. The zero-order valence-corrected chi connectivity index (χ0v) is 11.4. The van der Waals surface area contributed by atoms with Crippen molar-refractivity contribution in [1.29, 1.82) is 0 Å². The molecule has 0 aliphatic rings. The lowest BCUT2D eigenvalue weighted by Crippen LogP contribution is -2.02. The minimum atomic E-state index is -0.555. The molecule has 1 unspecified atom stereocenters. The third kappa shape index (κ3) is 2.26. The number of aromatic nitrogens is 1. The fourth-order valence-corrected chi connectivity index (χ4v) is 2.94. The number of hydrogen-bond donors (Lipinski definition) is 1. The predicted molar refractivity (Wildman–Crippen MR) is 71.6 cm³/mol. The van der Waals surface area contributed by atoms with Crippen LogP contribution in [-0.2, 0) is 0 Å². The second kappa shape index (κ2) is 4.59. The molecule has 90 valence electrons. The van der Waals surface area contributed by atoms with Crippen LogP contribution < -0.4 is 0 Å². The Kier molecular flexibility index (Phi) is 3.31. The number of hydrogen-bond acceptors (Lipinski definition) is 3. The number of aliphatic hydroxyl groups is 1. The quantitative estimate of drug-likeness (QED) is 0.881. The lowest BCUT2D eigenvalue weighted by Gasteiger charge is -2.14. The van der Waals surface area contributed by atoms with E-state index in [0.29, 0.717) is 0 Å². The van der Waals surface area contributed by atoms with E-state index in [0.717, 1.165) is 26.7 Å². The molecule has 17 heavy (non-hydrogen) atoms. The van der Waals surface area contributed by atoms with Crippen LogP contribution in [0.4, 0.5) is 0 Å². The normalized spacial score (nSPS) is 12.8. The number of aryl methyl sites for hydroxylation is 3. The van der Waals surface area contributed by atoms with Crippen LogP contribution in [0.5, 0.6) is 0 Å². The number of aliphatic hydroxyl groups excluding tert-OH is 1. The van der Waals surface area contributed by atoms with Gasteiger partial charge in [-0.2, -0.15) is 0 Å². The average Bonchev–Trinajstić information content (AvgIpc) is 2.61. The van der Waals surface area contributed by atoms with Crippen molar-refractivity contribution in [2.75, 3.05) is 0 Å². The maximum atomic E-state index is 10.5. The fraction of sp³-hybridized carbons (Fsp3) is 0.357. The molecule has 0 saturated carbocycles. The summed E-state index contributed by atoms with van der Waals surface area (Å²) in [5.41, 5.74) is 4.28. The van der Waals surface area contributed by atoms with Crippen LogP contribution >= 0.6 is 11.3 Å². The van der Waals surface area contributed by atoms with Crippen molar-refractivity contribution >= 4 is 11.3 Å². The molecule has 2 nitrogen and oxygen atoms in total. The third-order valence-corrected chi connectivity index (χ3v) is 4.25. The van der Waals surface area contributed by atoms with Gasteiger partial charge in [0, 0.05) is 0 Å². The molecule has 2 rings (SSSR count). The molecule has 0 aliphatic carbocycles. The van der Waals surface area contributed by atoms with Gasteiger partial charge in [0.2, 0.25) is 0 Å². The molecular weight excluding hydrogens is 230 g/mol. The largest absolute Gasteiger partial charge is 0.383 e. The van der Waals surface area contributed by atoms with E-state index in [9.17, 15) is 5.11 Å². The Morgan fingerprint density at radius 2 is 1.88 bits per heavy atom. The van der Waals surface area contributed by atoms with E-state index in [1.165, 1.54) is 5.56 Å². The molecule has 1 atom stereocenters. The molecule has 0 fully saturated rings. The molecule has 0 amide bonds. The highest BCUT2D eigenvalue weighted by Crippen LogP contribution is 2.32. The Balaban J connectivity index is 2.47. The highest BCUT2D eigenvalue weighted by Gasteiger charge is 2.18. The van der Waals surface area contributed by atoms with Crippen molar-refractivity contribution in [3.05, 3.63) is 50.5 Å². The number of nitrogens with zero attached hydrogens (tertiary/aromatic N) is 1. The molecule has 3 heteroatoms. The highest BCUT2D eigenvalue weighted by molar-refractivity contribution is 7.11. The molecule has 1 aromatic carbocycles. The van der Waals surface area contributed by atoms with Crippen LogP contribution in [0.15, 0.2) is 18.2 Å². The molecule has 1 heterocycles. The average molecular weight is 247 g/mol. The van der Waals surface area contributed by atoms with E-state index in [1.54, 1.807) is 11.3 Å². The van der Waals surface area contributed by atoms with Gasteiger partial charge in [-0.3, -0.25) is 0 Å². The van der Waals surface area contributed by atoms with Crippen LogP contribution in [0.25, 0.3) is 0 Å². The van der Waals surface area contributed by atoms with Crippen LogP contribution in [0.3, 0.4) is 0 Å². The third-order valence-electron chi connectivity index (χ3n) is 3.13. The number of thiazole rings is 1. The topological polar surface area (TPSA) is 33.1 Å². The van der Waals surface area contributed by atoms with E-state index < -0.39 is 6.10 Å². The Morgan fingerprint density at radius 3 is 2.47 bits per heavy atom. The Bertz CT molecular complexity index is 545. The van der Waals surface area contributed by atoms with Crippen LogP contribution in [0, 0.1) is 27.7 Å². The highest BCUT2D eigenvalue weighted by atomic mass is 32.1. The van der Waals surface area contributed by atoms with E-state index >= 15 is 0 Å². The maximum absolute atomic E-state index is 10.5. The molecule has 0 radical (unpaired) electrons. The second-order valence-corrected chi connectivity index (χ2v) is 5.61. The van der Waals surface area contributed by atoms with Crippen molar-refractivity contribution < 1.29 is 5.11 Å². The molecule has 0 saturated heterocycles. The molecule has 0 aliphatic heterocycles. The van der Waals surface area contributed by atoms with Gasteiger partial charge >= 0.3 is 0 Å². The molecule has 0 spiro atoms. The first-order chi connectivity index (χ1) is 8.00. The van der Waals surface area contributed by atoms with Crippen LogP contribution in [0.1, 0.15) is 38.4 Å². The van der Waals surface area contributed by atoms with Gasteiger partial charge in [-0.15, -0.1) is 11.3 Å². The summed E-state index contributed by atoms with van der Waals surface area (Å²) in [6, 6.07) is 6.04. The van der Waals surface area contributed by atoms with Gasteiger partial charge in [0.25, 0.3) is 0 Å². The zero-order valence-electron chi connectivity index (χ0n) is 10.6. The summed E-state index contributed by atoms with van der Waals surface area (Å²) in [6.45, 7) is 8.04. The SMILES string of the molecule is Cc1nc(C)c(C(O)c2cccc(C)c2C)s1. The molecular formula is C14H17NOS. The van der Waals surface area contributed by atoms with E-state index in [-0.39, 0.29) is 0 Å². The summed E-state index contributed by atoms with van der Waals surface area (Å²) in [7, 11) is 0. The number of rotatable bonds is 2. The monoisotopic (exact) mass is 247 g/mol. The first-order valence-corrected chi connectivity index (χ1v) is 6.50. The fourth-order valence-electron chi connectivity index (χ4n) is 2.01. The summed E-state index contributed by atoms with van der Waals surface area (Å²) in [4.78, 5) is 5.32. The summed E-state index contributed by atoms with van der Waals surface area (Å²) in [5.74, 6) is 0. The van der Waals surface area contributed by atoms with E-state index in [1.807, 2.05) is 26.0 Å². The van der Waals surface area contributed by atoms with Crippen molar-refractivity contribution in [1.82, 2.24) is 4.98 Å². The first kappa shape index (κ1) is 12.3. The zero-order chi connectivity index (χ0) is 12.6. The molecule has 0 bridgehead atoms. The van der Waals surface area contributed by atoms with Gasteiger partial charge in [0.1, 0.15) is 6.10 Å². The lowest BCUT2D eigenvalue weighted by atomic mass is 9.98. The maximum Gasteiger partial charge on any atom is 0.115 e. The standard InChI is InChI=1S/C14H17NOS/c1-8-6-5-7-12(9(8)2)13(16)14-10(3)15-11(4)17-14/h5-7,13,16H,1-4H3. The number of benzene rings is 1. The van der Waals surface area contributed by atoms with Crippen LogP contribution in [0.2, 0.25) is 0 Å². The van der Waals surface area contributed by atoms with Gasteiger partial charge in [0.15, 0.2) is 0 Å². The predicted octanol–water partition coefficient (Wildman–Crippen LogP) is 3.46.